The molecule has 1 amide bonds. The minimum atomic E-state index is -4.08. The summed E-state index contributed by atoms with van der Waals surface area (Å²) in [5, 5.41) is 11.2. The Kier molecular flexibility index (Phi) is 7.85. The Hall–Kier alpha value is -3.80. The summed E-state index contributed by atoms with van der Waals surface area (Å²) in [4.78, 5) is 16.1. The molecule has 3 aromatic rings. The van der Waals surface area contributed by atoms with E-state index in [9.17, 15) is 26.9 Å². The van der Waals surface area contributed by atoms with E-state index in [0.717, 1.165) is 0 Å². The van der Waals surface area contributed by atoms with Crippen molar-refractivity contribution >= 4 is 48.6 Å². The van der Waals surface area contributed by atoms with E-state index in [0.29, 0.717) is 22.8 Å². The van der Waals surface area contributed by atoms with Gasteiger partial charge in [0.05, 0.1) is 12.9 Å². The maximum absolute atomic E-state index is 12.4. The molecule has 0 aliphatic heterocycles. The number of anilines is 1. The van der Waals surface area contributed by atoms with Crippen molar-refractivity contribution in [2.75, 3.05) is 18.2 Å². The van der Waals surface area contributed by atoms with Gasteiger partial charge in [0.1, 0.15) is 28.0 Å². The fourth-order valence-corrected chi connectivity index (χ4v) is 5.05. The number of nitriles is 1. The lowest BCUT2D eigenvalue weighted by atomic mass is 10.1. The molecular weight excluding hydrogens is 516 g/mol. The van der Waals surface area contributed by atoms with E-state index in [2.05, 4.69) is 14.7 Å². The van der Waals surface area contributed by atoms with Crippen LogP contribution >= 0.6 is 11.5 Å². The minimum Gasteiger partial charge on any atom is -0.497 e. The number of methoxy groups -OCH3 is 1. The van der Waals surface area contributed by atoms with Crippen LogP contribution in [-0.2, 0) is 24.7 Å². The number of sulfone groups is 1. The van der Waals surface area contributed by atoms with Gasteiger partial charge < -0.3 is 8.92 Å². The topological polar surface area (TPSA) is 165 Å². The van der Waals surface area contributed by atoms with Crippen molar-refractivity contribution < 1.29 is 30.6 Å². The lowest BCUT2D eigenvalue weighted by Crippen LogP contribution is -2.13. The molecule has 0 saturated heterocycles. The lowest BCUT2D eigenvalue weighted by molar-refractivity contribution is -0.112. The highest BCUT2D eigenvalue weighted by atomic mass is 32.2. The van der Waals surface area contributed by atoms with Crippen molar-refractivity contribution in [2.45, 2.75) is 17.0 Å². The van der Waals surface area contributed by atoms with Gasteiger partial charge in [0.25, 0.3) is 11.1 Å². The van der Waals surface area contributed by atoms with Crippen LogP contribution in [0.5, 0.6) is 11.5 Å². The number of hydrogen-bond acceptors (Lipinski definition) is 11. The molecule has 2 aromatic carbocycles. The van der Waals surface area contributed by atoms with Gasteiger partial charge in [-0.2, -0.15) is 23.0 Å². The summed E-state index contributed by atoms with van der Waals surface area (Å²) < 4.78 is 62.3. The van der Waals surface area contributed by atoms with Gasteiger partial charge in [0.2, 0.25) is 15.0 Å². The molecule has 1 heterocycles. The summed E-state index contributed by atoms with van der Waals surface area (Å²) >= 11 is 0.672. The monoisotopic (exact) mass is 534 g/mol. The summed E-state index contributed by atoms with van der Waals surface area (Å²) in [5.41, 5.74) is 0.122. The highest BCUT2D eigenvalue weighted by Gasteiger charge is 2.20. The third-order valence-corrected chi connectivity index (χ3v) is 7.90. The predicted octanol–water partition coefficient (Wildman–Crippen LogP) is 2.65. The highest BCUT2D eigenvalue weighted by molar-refractivity contribution is 7.91. The maximum atomic E-state index is 12.4. The van der Waals surface area contributed by atoms with Gasteiger partial charge in [-0.25, -0.2) is 8.42 Å². The van der Waals surface area contributed by atoms with Crippen molar-refractivity contribution in [1.82, 2.24) is 9.36 Å². The van der Waals surface area contributed by atoms with Crippen molar-refractivity contribution in [1.29, 1.82) is 5.26 Å². The molecule has 0 radical (unpaired) electrons. The van der Waals surface area contributed by atoms with E-state index in [1.54, 1.807) is 6.07 Å². The zero-order valence-electron chi connectivity index (χ0n) is 18.3. The Morgan fingerprint density at radius 3 is 2.29 bits per heavy atom. The molecule has 1 aromatic heterocycles. The first-order valence-corrected chi connectivity index (χ1v) is 13.6. The van der Waals surface area contributed by atoms with Gasteiger partial charge in [0, 0.05) is 11.5 Å². The highest BCUT2D eigenvalue weighted by Crippen LogP contribution is 2.22. The number of ether oxygens (including phenoxy) is 1. The van der Waals surface area contributed by atoms with Crippen LogP contribution in [0.1, 0.15) is 12.5 Å². The zero-order valence-corrected chi connectivity index (χ0v) is 20.8. The molecule has 3 rings (SSSR count). The van der Waals surface area contributed by atoms with Crippen LogP contribution in [0.2, 0.25) is 0 Å². The number of nitrogens with one attached hydrogen (secondary N) is 1. The van der Waals surface area contributed by atoms with Gasteiger partial charge in [-0.05, 0) is 48.0 Å². The van der Waals surface area contributed by atoms with Gasteiger partial charge in [-0.15, -0.1) is 0 Å². The molecular formula is C21H18N4O7S3. The van der Waals surface area contributed by atoms with Crippen LogP contribution in [0.15, 0.2) is 64.2 Å². The average Bonchev–Trinajstić information content (AvgIpc) is 3.32. The molecule has 0 fully saturated rings. The molecule has 11 nitrogen and oxygen atoms in total. The van der Waals surface area contributed by atoms with Crippen molar-refractivity contribution in [3.63, 3.8) is 0 Å². The first kappa shape index (κ1) is 25.8. The molecule has 0 aliphatic rings. The normalized spacial score (nSPS) is 12.0. The smallest absolute Gasteiger partial charge is 0.339 e. The molecule has 0 aliphatic carbocycles. The number of nitrogens with zero attached hydrogens (tertiary/aromatic N) is 3. The lowest BCUT2D eigenvalue weighted by Gasteiger charge is -2.08. The SMILES string of the molecule is CCS(=O)(=O)c1nsc(NC(=O)/C(C#N)=C\c2ccc(OS(=O)(=O)c3ccc(OC)cc3)cc2)n1. The predicted molar refractivity (Wildman–Crippen MR) is 127 cm³/mol. The van der Waals surface area contributed by atoms with E-state index in [1.807, 2.05) is 0 Å². The van der Waals surface area contributed by atoms with E-state index in [1.165, 1.54) is 68.6 Å². The Bertz CT molecular complexity index is 1500. The van der Waals surface area contributed by atoms with Gasteiger partial charge >= 0.3 is 10.1 Å². The Labute approximate surface area is 205 Å². The summed E-state index contributed by atoms with van der Waals surface area (Å²) in [5.74, 6) is -0.484. The van der Waals surface area contributed by atoms with Crippen LogP contribution in [0.25, 0.3) is 6.08 Å². The fourth-order valence-electron chi connectivity index (χ4n) is 2.53. The fraction of sp³-hybridized carbons (Fsp3) is 0.143. The van der Waals surface area contributed by atoms with Crippen LogP contribution in [-0.4, -0.2) is 45.0 Å². The first-order chi connectivity index (χ1) is 16.6. The second kappa shape index (κ2) is 10.6. The van der Waals surface area contributed by atoms with Gasteiger partial charge in [0.15, 0.2) is 0 Å². The largest absolute Gasteiger partial charge is 0.497 e. The molecule has 1 N–H and O–H groups in total. The summed E-state index contributed by atoms with van der Waals surface area (Å²) in [6.45, 7) is 1.44. The third-order valence-electron chi connectivity index (χ3n) is 4.40. The van der Waals surface area contributed by atoms with E-state index in [-0.39, 0.29) is 27.1 Å². The van der Waals surface area contributed by atoms with Crippen LogP contribution < -0.4 is 14.2 Å². The van der Waals surface area contributed by atoms with Crippen molar-refractivity contribution in [3.05, 3.63) is 59.7 Å². The summed E-state index contributed by atoms with van der Waals surface area (Å²) in [6, 6.07) is 13.1. The summed E-state index contributed by atoms with van der Waals surface area (Å²) in [7, 11) is -6.25. The molecule has 0 bridgehead atoms. The molecule has 0 atom stereocenters. The maximum Gasteiger partial charge on any atom is 0.339 e. The molecule has 0 unspecified atom stereocenters. The summed E-state index contributed by atoms with van der Waals surface area (Å²) in [6.07, 6.45) is 1.27. The van der Waals surface area contributed by atoms with Gasteiger partial charge in [-0.3, -0.25) is 10.1 Å². The molecule has 35 heavy (non-hydrogen) atoms. The number of hydrogen-bond donors (Lipinski definition) is 1. The number of carbonyl (C=O) groups excluding carboxylic acids is 1. The van der Waals surface area contributed by atoms with E-state index in [4.69, 9.17) is 8.92 Å². The first-order valence-electron chi connectivity index (χ1n) is 9.76. The van der Waals surface area contributed by atoms with E-state index < -0.39 is 31.0 Å². The third kappa shape index (κ3) is 6.41. The molecule has 0 saturated carbocycles. The second-order valence-electron chi connectivity index (χ2n) is 6.69. The number of amides is 1. The zero-order chi connectivity index (χ0) is 25.6. The Morgan fingerprint density at radius 1 is 1.09 bits per heavy atom. The number of aromatic nitrogens is 2. The number of benzene rings is 2. The average molecular weight is 535 g/mol. The van der Waals surface area contributed by atoms with Crippen molar-refractivity contribution in [3.8, 4) is 17.6 Å². The Morgan fingerprint density at radius 2 is 1.71 bits per heavy atom. The van der Waals surface area contributed by atoms with Crippen LogP contribution in [0.3, 0.4) is 0 Å². The second-order valence-corrected chi connectivity index (χ2v) is 11.2. The van der Waals surface area contributed by atoms with E-state index >= 15 is 0 Å². The quantitative estimate of drug-likeness (QED) is 0.245. The Balaban J connectivity index is 1.71. The standard InChI is InChI=1S/C21H18N4O7S3/c1-3-34(27,28)21-24-20(33-25-21)23-19(26)15(13-22)12-14-4-6-17(7-5-14)32-35(29,30)18-10-8-16(31-2)9-11-18/h4-12H,3H2,1-2H3,(H,23,24,25,26)/b15-12-. The molecule has 14 heteroatoms. The van der Waals surface area contributed by atoms with Crippen LogP contribution in [0, 0.1) is 11.3 Å². The van der Waals surface area contributed by atoms with Crippen molar-refractivity contribution in [2.24, 2.45) is 0 Å². The van der Waals surface area contributed by atoms with Gasteiger partial charge in [-0.1, -0.05) is 19.1 Å². The van der Waals surface area contributed by atoms with Crippen LogP contribution in [0.4, 0.5) is 5.13 Å². The number of rotatable bonds is 9. The number of carbonyl (C=O) groups is 1. The molecule has 0 spiro atoms. The molecule has 182 valence electrons. The minimum absolute atomic E-state index is 0.0273.